The van der Waals surface area contributed by atoms with Crippen LogP contribution in [0.1, 0.15) is 6.92 Å². The average Bonchev–Trinajstić information content (AvgIpc) is 3.27. The standard InChI is InChI=1S/C60H3N/c1-2-3-4-5-6-7-8-9-10-11-12-13-14-15-16-17-18-19-20-21-22-23-24-25-26-27-28-29-30-31-32-33-34-35-36-37-38-39-40-41-42-43-44-45-46-47-48-49-50-51-52-53-54-55-56-57-58-59-60-61/h1H3. The first-order valence-corrected chi connectivity index (χ1v) is 15.2. The van der Waals surface area contributed by atoms with E-state index in [1.54, 1.807) is 13.0 Å². The van der Waals surface area contributed by atoms with Crippen molar-refractivity contribution in [3.8, 4) is 349 Å². The molecule has 0 aliphatic carbocycles. The second-order valence-electron chi connectivity index (χ2n) is 7.49. The molecule has 0 aromatic rings. The maximum Gasteiger partial charge on any atom is 0.153 e. The Morgan fingerprint density at radius 1 is 0.131 bits per heavy atom. The molecular weight excluding hydrogens is 735 g/mol. The van der Waals surface area contributed by atoms with Crippen molar-refractivity contribution >= 4 is 0 Å². The summed E-state index contributed by atoms with van der Waals surface area (Å²) >= 11 is 0. The normalized spacial score (nSPS) is 3.93. The van der Waals surface area contributed by atoms with Crippen molar-refractivity contribution in [2.24, 2.45) is 0 Å². The topological polar surface area (TPSA) is 23.8 Å². The predicted octanol–water partition coefficient (Wildman–Crippen LogP) is 0.628. The monoisotopic (exact) mass is 737 g/mol. The third kappa shape index (κ3) is 46.7. The molecule has 0 rings (SSSR count). The molecule has 0 spiro atoms. The van der Waals surface area contributed by atoms with E-state index >= 15 is 0 Å². The number of nitriles is 1. The zero-order chi connectivity index (χ0) is 43.7. The minimum atomic E-state index is 1.63. The van der Waals surface area contributed by atoms with Crippen molar-refractivity contribution in [2.45, 2.75) is 6.92 Å². The SMILES string of the molecule is CC#CC#CC#CC#CC#CC#CC#CC#CC#CC#CC#CC#CC#CC#CC#CC#CC#CC#CC#CC#CC#CC#CC#CC#CC#CC#CC#CC#CC#CC#N. The summed E-state index contributed by atoms with van der Waals surface area (Å²) in [4.78, 5) is 0. The lowest BCUT2D eigenvalue weighted by molar-refractivity contribution is 1.55. The Bertz CT molecular complexity index is 3890. The lowest BCUT2D eigenvalue weighted by Crippen LogP contribution is -1.57. The molecule has 0 aromatic carbocycles. The van der Waals surface area contributed by atoms with Gasteiger partial charge >= 0.3 is 0 Å². The Hall–Kier alpha value is -13.3. The first kappa shape index (κ1) is 47.7. The zero-order valence-electron chi connectivity index (χ0n) is 30.9. The van der Waals surface area contributed by atoms with Gasteiger partial charge in [0, 0.05) is 290 Å². The van der Waals surface area contributed by atoms with Gasteiger partial charge in [0.25, 0.3) is 0 Å². The molecule has 61 heavy (non-hydrogen) atoms. The molecule has 0 saturated heterocycles. The van der Waals surface area contributed by atoms with Gasteiger partial charge in [-0.05, 0) is 54.3 Å². The number of rotatable bonds is 0. The summed E-state index contributed by atoms with van der Waals surface area (Å²) < 4.78 is 0. The van der Waals surface area contributed by atoms with Crippen molar-refractivity contribution in [3.63, 3.8) is 0 Å². The molecule has 0 fully saturated rings. The van der Waals surface area contributed by atoms with E-state index in [0.717, 1.165) is 0 Å². The fraction of sp³-hybridized carbons (Fsp3) is 0.0167. The number of hydrogen-bond acceptors (Lipinski definition) is 1. The Morgan fingerprint density at radius 2 is 0.213 bits per heavy atom. The number of nitrogens with zero attached hydrogens (tertiary/aromatic N) is 1. The van der Waals surface area contributed by atoms with Crippen molar-refractivity contribution in [3.05, 3.63) is 0 Å². The molecule has 0 heterocycles. The van der Waals surface area contributed by atoms with Gasteiger partial charge in [-0.1, -0.05) is 5.92 Å². The van der Waals surface area contributed by atoms with E-state index in [1.165, 1.54) is 0 Å². The molecule has 0 N–H and O–H groups in total. The maximum atomic E-state index is 8.20. The summed E-state index contributed by atoms with van der Waals surface area (Å²) in [7, 11) is 0. The van der Waals surface area contributed by atoms with Crippen molar-refractivity contribution in [1.82, 2.24) is 0 Å². The Balaban J connectivity index is 4.59. The smallest absolute Gasteiger partial charge is 0.153 e. The molecule has 0 atom stereocenters. The molecule has 0 aromatic heterocycles. The molecule has 1 heteroatoms. The molecule has 0 amide bonds. The van der Waals surface area contributed by atoms with Gasteiger partial charge in [-0.2, -0.15) is 5.26 Å². The van der Waals surface area contributed by atoms with Gasteiger partial charge in [0.1, 0.15) is 0 Å². The molecule has 0 aliphatic heterocycles. The summed E-state index contributed by atoms with van der Waals surface area (Å²) in [6.45, 7) is 1.68. The van der Waals surface area contributed by atoms with Gasteiger partial charge in [-0.15, -0.1) is 0 Å². The molecule has 0 saturated carbocycles. The first-order valence-electron chi connectivity index (χ1n) is 15.2. The largest absolute Gasteiger partial charge is 0.183 e. The summed E-state index contributed by atoms with van der Waals surface area (Å²) in [6, 6.07) is 1.63. The van der Waals surface area contributed by atoms with E-state index in [1.807, 2.05) is 0 Å². The molecule has 248 valence electrons. The second-order valence-corrected chi connectivity index (χ2v) is 7.49. The minimum Gasteiger partial charge on any atom is -0.183 e. The van der Waals surface area contributed by atoms with E-state index in [0.29, 0.717) is 0 Å². The van der Waals surface area contributed by atoms with Crippen LogP contribution >= 0.6 is 0 Å². The van der Waals surface area contributed by atoms with Crippen LogP contribution in [0.5, 0.6) is 0 Å². The Kier molecular flexibility index (Phi) is 36.6. The highest BCUT2D eigenvalue weighted by atomic mass is 14.2. The molecular formula is C60H3N. The fourth-order valence-corrected chi connectivity index (χ4v) is 1.81. The summed E-state index contributed by atoms with van der Waals surface area (Å²) in [5.74, 6) is 144. The molecule has 0 bridgehead atoms. The van der Waals surface area contributed by atoms with Crippen LogP contribution in [0.15, 0.2) is 0 Å². The van der Waals surface area contributed by atoms with Gasteiger partial charge in [-0.3, -0.25) is 0 Å². The molecule has 0 unspecified atom stereocenters. The third-order valence-electron chi connectivity index (χ3n) is 3.68. The van der Waals surface area contributed by atoms with Gasteiger partial charge in [0.05, 0.1) is 0 Å². The van der Waals surface area contributed by atoms with Gasteiger partial charge in [0.2, 0.25) is 0 Å². The summed E-state index contributed by atoms with van der Waals surface area (Å²) in [5, 5.41) is 8.20. The van der Waals surface area contributed by atoms with Gasteiger partial charge in [0.15, 0.2) is 6.07 Å². The van der Waals surface area contributed by atoms with Crippen LogP contribution in [0, 0.1) is 355 Å². The van der Waals surface area contributed by atoms with E-state index in [2.05, 4.69) is 343 Å². The first-order chi connectivity index (χ1) is 30.4. The summed E-state index contributed by atoms with van der Waals surface area (Å²) in [6.07, 6.45) is 0. The fourth-order valence-electron chi connectivity index (χ4n) is 1.81. The number of hydrogen-bond donors (Lipinski definition) is 0. The highest BCUT2D eigenvalue weighted by molar-refractivity contribution is 5.52. The van der Waals surface area contributed by atoms with Crippen LogP contribution in [0.25, 0.3) is 0 Å². The highest BCUT2D eigenvalue weighted by Gasteiger charge is 1.63. The van der Waals surface area contributed by atoms with Crippen LogP contribution in [0.4, 0.5) is 0 Å². The molecule has 1 nitrogen and oxygen atoms in total. The van der Waals surface area contributed by atoms with Crippen molar-refractivity contribution < 1.29 is 0 Å². The lowest BCUT2D eigenvalue weighted by atomic mass is 10.4. The van der Waals surface area contributed by atoms with Crippen molar-refractivity contribution in [1.29, 1.82) is 5.26 Å². The molecule has 0 radical (unpaired) electrons. The quantitative estimate of drug-likeness (QED) is 0.335. The third-order valence-corrected chi connectivity index (χ3v) is 3.68. The van der Waals surface area contributed by atoms with E-state index in [9.17, 15) is 0 Å². The predicted molar refractivity (Wildman–Crippen MR) is 237 cm³/mol. The van der Waals surface area contributed by atoms with Crippen LogP contribution in [0.2, 0.25) is 0 Å². The second kappa shape index (κ2) is 46.7. The van der Waals surface area contributed by atoms with Gasteiger partial charge in [-0.25, -0.2) is 0 Å². The van der Waals surface area contributed by atoms with E-state index < -0.39 is 0 Å². The lowest BCUT2D eigenvalue weighted by Gasteiger charge is -1.57. The molecule has 0 aliphatic rings. The maximum absolute atomic E-state index is 8.20. The van der Waals surface area contributed by atoms with Gasteiger partial charge < -0.3 is 0 Å². The van der Waals surface area contributed by atoms with E-state index in [-0.39, 0.29) is 0 Å². The summed E-state index contributed by atoms with van der Waals surface area (Å²) in [5.41, 5.74) is 0. The van der Waals surface area contributed by atoms with Crippen LogP contribution in [0.3, 0.4) is 0 Å². The Morgan fingerprint density at radius 3 is 0.295 bits per heavy atom. The van der Waals surface area contributed by atoms with Crippen molar-refractivity contribution in [2.75, 3.05) is 0 Å². The minimum absolute atomic E-state index is 1.63. The van der Waals surface area contributed by atoms with E-state index in [4.69, 9.17) is 5.26 Å². The van der Waals surface area contributed by atoms with Crippen LogP contribution in [-0.2, 0) is 0 Å². The van der Waals surface area contributed by atoms with Crippen LogP contribution in [-0.4, -0.2) is 0 Å². The van der Waals surface area contributed by atoms with Crippen LogP contribution < -0.4 is 0 Å². The average molecular weight is 738 g/mol. The Labute approximate surface area is 360 Å². The zero-order valence-corrected chi connectivity index (χ0v) is 30.9. The highest BCUT2D eigenvalue weighted by Crippen LogP contribution is 1.63.